The summed E-state index contributed by atoms with van der Waals surface area (Å²) in [5, 5.41) is 0. The molecule has 0 aromatic heterocycles. The van der Waals surface area contributed by atoms with Crippen molar-refractivity contribution in [1.82, 2.24) is 0 Å². The van der Waals surface area contributed by atoms with Crippen LogP contribution in [0.25, 0.3) is 0 Å². The van der Waals surface area contributed by atoms with Gasteiger partial charge < -0.3 is 18.9 Å². The van der Waals surface area contributed by atoms with Crippen LogP contribution < -0.4 is 0 Å². The molecule has 0 aliphatic heterocycles. The maximum atomic E-state index is 12.8. The lowest BCUT2D eigenvalue weighted by molar-refractivity contribution is -0.870. The molecule has 2 atom stereocenters. The van der Waals surface area contributed by atoms with Gasteiger partial charge in [-0.15, -0.1) is 0 Å². The van der Waals surface area contributed by atoms with Crippen LogP contribution in [0.5, 0.6) is 0 Å². The van der Waals surface area contributed by atoms with E-state index in [2.05, 4.69) is 148 Å². The van der Waals surface area contributed by atoms with Gasteiger partial charge in [0.15, 0.2) is 6.10 Å². The number of carbonyl (C=O) groups is 2. The maximum absolute atomic E-state index is 12.8. The van der Waals surface area contributed by atoms with E-state index < -0.39 is 26.5 Å². The molecule has 0 amide bonds. The minimum Gasteiger partial charge on any atom is -0.462 e. The summed E-state index contributed by atoms with van der Waals surface area (Å²) in [6.07, 6.45) is 89.7. The van der Waals surface area contributed by atoms with E-state index in [0.29, 0.717) is 17.4 Å². The molecule has 0 heterocycles. The molecule has 0 aliphatic rings. The van der Waals surface area contributed by atoms with Crippen molar-refractivity contribution in [3.8, 4) is 0 Å². The molecular formula is C72H123NO8P+. The Morgan fingerprint density at radius 3 is 0.976 bits per heavy atom. The molecule has 0 spiro atoms. The van der Waals surface area contributed by atoms with E-state index in [-0.39, 0.29) is 32.0 Å². The highest BCUT2D eigenvalue weighted by Crippen LogP contribution is 2.43. The number of quaternary nitrogens is 1. The van der Waals surface area contributed by atoms with Crippen molar-refractivity contribution >= 4 is 19.8 Å². The van der Waals surface area contributed by atoms with Crippen LogP contribution in [-0.4, -0.2) is 74.9 Å². The third-order valence-electron chi connectivity index (χ3n) is 13.7. The van der Waals surface area contributed by atoms with Crippen molar-refractivity contribution in [2.45, 2.75) is 264 Å². The van der Waals surface area contributed by atoms with Crippen LogP contribution in [0.15, 0.2) is 134 Å². The topological polar surface area (TPSA) is 108 Å². The van der Waals surface area contributed by atoms with Gasteiger partial charge in [0, 0.05) is 12.8 Å². The average Bonchev–Trinajstić information content (AvgIpc) is 3.46. The van der Waals surface area contributed by atoms with Crippen LogP contribution >= 0.6 is 7.82 Å². The number of likely N-dealkylation sites (N-methyl/N-ethyl adjacent to an activating group) is 1. The summed E-state index contributed by atoms with van der Waals surface area (Å²) in [4.78, 5) is 35.8. The van der Waals surface area contributed by atoms with Crippen LogP contribution in [0.3, 0.4) is 0 Å². The molecule has 0 aromatic rings. The zero-order valence-corrected chi connectivity index (χ0v) is 54.1. The Morgan fingerprint density at radius 1 is 0.378 bits per heavy atom. The van der Waals surface area contributed by atoms with Crippen molar-refractivity contribution < 1.29 is 42.1 Å². The number of ether oxygens (including phenoxy) is 2. The standard InChI is InChI=1S/C72H122NO8P/c1-6-8-10-12-14-16-18-20-22-24-26-28-30-31-32-33-34-35-36-37-38-39-40-41-43-44-46-48-50-52-54-56-58-60-62-64-71(74)78-68-70(69-80-82(76,77)79-67-66-73(3,4)5)81-72(75)65-63-61-59-57-55-53-51-49-47-45-42-29-27-25-23-21-19-17-15-13-11-9-7-2/h8-11,14-17,20-23,26-29,31-32,45,47,51,53,70H,6-7,12-13,18-19,24-25,30,33-44,46,48-50,52,54-69H2,1-5H3/p+1/b10-8-,11-9-,16-14-,17-15-,22-20-,23-21-,28-26-,29-27-,32-31-,47-45-,53-51-. The van der Waals surface area contributed by atoms with Gasteiger partial charge in [-0.3, -0.25) is 18.6 Å². The first kappa shape index (κ1) is 78.1. The monoisotopic (exact) mass is 1160 g/mol. The first-order valence-corrected chi connectivity index (χ1v) is 34.4. The summed E-state index contributed by atoms with van der Waals surface area (Å²) < 4.78 is 34.6. The fourth-order valence-electron chi connectivity index (χ4n) is 8.69. The van der Waals surface area contributed by atoms with Gasteiger partial charge in [0.25, 0.3) is 0 Å². The van der Waals surface area contributed by atoms with E-state index in [9.17, 15) is 19.0 Å². The van der Waals surface area contributed by atoms with E-state index in [1.807, 2.05) is 21.1 Å². The number of phosphoric acid groups is 1. The fraction of sp³-hybridized carbons (Fsp3) is 0.667. The number of nitrogens with zero attached hydrogens (tertiary/aromatic N) is 1. The van der Waals surface area contributed by atoms with Gasteiger partial charge in [0.05, 0.1) is 27.7 Å². The molecule has 1 N–H and O–H groups in total. The number of hydrogen-bond donors (Lipinski definition) is 1. The van der Waals surface area contributed by atoms with E-state index in [0.717, 1.165) is 116 Å². The molecule has 0 bridgehead atoms. The lowest BCUT2D eigenvalue weighted by Crippen LogP contribution is -2.37. The summed E-state index contributed by atoms with van der Waals surface area (Å²) in [6, 6.07) is 0. The van der Waals surface area contributed by atoms with Crippen molar-refractivity contribution in [2.24, 2.45) is 0 Å². The van der Waals surface area contributed by atoms with Gasteiger partial charge in [-0.1, -0.05) is 270 Å². The second kappa shape index (κ2) is 61.7. The maximum Gasteiger partial charge on any atom is 0.472 e. The zero-order chi connectivity index (χ0) is 59.8. The minimum atomic E-state index is -4.40. The van der Waals surface area contributed by atoms with Crippen LogP contribution in [0.4, 0.5) is 0 Å². The van der Waals surface area contributed by atoms with Crippen LogP contribution in [0.1, 0.15) is 258 Å². The summed E-state index contributed by atoms with van der Waals surface area (Å²) >= 11 is 0. The van der Waals surface area contributed by atoms with E-state index in [4.69, 9.17) is 18.5 Å². The first-order valence-electron chi connectivity index (χ1n) is 32.9. The second-order valence-electron chi connectivity index (χ2n) is 22.7. The van der Waals surface area contributed by atoms with Crippen molar-refractivity contribution in [3.63, 3.8) is 0 Å². The highest BCUT2D eigenvalue weighted by molar-refractivity contribution is 7.47. The Bertz CT molecular complexity index is 1850. The average molecular weight is 1160 g/mol. The van der Waals surface area contributed by atoms with E-state index in [1.165, 1.54) is 109 Å². The largest absolute Gasteiger partial charge is 0.472 e. The molecule has 0 radical (unpaired) electrons. The Morgan fingerprint density at radius 2 is 0.659 bits per heavy atom. The second-order valence-corrected chi connectivity index (χ2v) is 24.2. The fourth-order valence-corrected chi connectivity index (χ4v) is 9.44. The quantitative estimate of drug-likeness (QED) is 0.0211. The molecular weight excluding hydrogens is 1040 g/mol. The summed E-state index contributed by atoms with van der Waals surface area (Å²) in [7, 11) is 1.45. The molecule has 0 fully saturated rings. The molecule has 2 unspecified atom stereocenters. The SMILES string of the molecule is CC/C=C\C/C=C\C/C=C\C/C=C\C/C=C\C/C=C\CCCCCCC(=O)OC(COC(=O)CCCCCCCCCCCCCCCCCCCCC/C=C\C/C=C\C/C=C\C/C=C\C/C=C\CC)COP(=O)(O)OCC[N+](C)(C)C. The molecule has 10 heteroatoms. The highest BCUT2D eigenvalue weighted by atomic mass is 31.2. The van der Waals surface area contributed by atoms with Gasteiger partial charge in [-0.2, -0.15) is 0 Å². The van der Waals surface area contributed by atoms with Crippen molar-refractivity contribution in [1.29, 1.82) is 0 Å². The molecule has 0 rings (SSSR count). The minimum absolute atomic E-state index is 0.0207. The predicted octanol–water partition coefficient (Wildman–Crippen LogP) is 21.3. The molecule has 468 valence electrons. The molecule has 0 aromatic carbocycles. The van der Waals surface area contributed by atoms with Gasteiger partial charge in [0.2, 0.25) is 0 Å². The molecule has 0 aliphatic carbocycles. The number of allylic oxidation sites excluding steroid dienone is 22. The molecule has 0 saturated carbocycles. The number of hydrogen-bond acceptors (Lipinski definition) is 7. The Balaban J connectivity index is 4.09. The number of rotatable bonds is 59. The van der Waals surface area contributed by atoms with E-state index >= 15 is 0 Å². The predicted molar refractivity (Wildman–Crippen MR) is 353 cm³/mol. The van der Waals surface area contributed by atoms with Gasteiger partial charge >= 0.3 is 19.8 Å². The number of carbonyl (C=O) groups excluding carboxylic acids is 2. The lowest BCUT2D eigenvalue weighted by Gasteiger charge is -2.24. The third kappa shape index (κ3) is 65.3. The van der Waals surface area contributed by atoms with Gasteiger partial charge in [-0.05, 0) is 109 Å². The Hall–Kier alpha value is -3.85. The summed E-state index contributed by atoms with van der Waals surface area (Å²) in [5.41, 5.74) is 0. The van der Waals surface area contributed by atoms with Crippen LogP contribution in [0, 0.1) is 0 Å². The Kier molecular flexibility index (Phi) is 58.8. The van der Waals surface area contributed by atoms with Crippen LogP contribution in [-0.2, 0) is 32.7 Å². The van der Waals surface area contributed by atoms with Crippen molar-refractivity contribution in [2.75, 3.05) is 47.5 Å². The number of unbranched alkanes of at least 4 members (excludes halogenated alkanes) is 23. The normalized spacial score (nSPS) is 14.1. The smallest absolute Gasteiger partial charge is 0.462 e. The number of esters is 2. The van der Waals surface area contributed by atoms with E-state index in [1.54, 1.807) is 0 Å². The van der Waals surface area contributed by atoms with Gasteiger partial charge in [-0.25, -0.2) is 4.57 Å². The Labute approximate surface area is 504 Å². The first-order chi connectivity index (χ1) is 40.0. The van der Waals surface area contributed by atoms with Crippen molar-refractivity contribution in [3.05, 3.63) is 134 Å². The van der Waals surface area contributed by atoms with Gasteiger partial charge in [0.1, 0.15) is 19.8 Å². The number of phosphoric ester groups is 1. The molecule has 0 saturated heterocycles. The zero-order valence-electron chi connectivity index (χ0n) is 53.2. The van der Waals surface area contributed by atoms with Crippen LogP contribution in [0.2, 0.25) is 0 Å². The molecule has 82 heavy (non-hydrogen) atoms. The summed E-state index contributed by atoms with van der Waals surface area (Å²) in [6.45, 7) is 4.18. The highest BCUT2D eigenvalue weighted by Gasteiger charge is 2.27. The molecule has 9 nitrogen and oxygen atoms in total. The lowest BCUT2D eigenvalue weighted by atomic mass is 10.0. The third-order valence-corrected chi connectivity index (χ3v) is 14.7. The summed E-state index contributed by atoms with van der Waals surface area (Å²) in [5.74, 6) is -0.828.